The summed E-state index contributed by atoms with van der Waals surface area (Å²) in [6.45, 7) is 1.96. The minimum absolute atomic E-state index is 0.0234. The van der Waals surface area contributed by atoms with Gasteiger partial charge in [-0.05, 0) is 23.3 Å². The number of nitrogens with zero attached hydrogens (tertiary/aromatic N) is 1. The number of fused-ring (bicyclic) bond motifs is 3. The molecule has 1 aromatic heterocycles. The number of carbonyl (C=O) groups excluding carboxylic acids is 1. The zero-order valence-corrected chi connectivity index (χ0v) is 11.6. The standard InChI is InChI=1S/C17H17N3O/c21-17(11-5-7-18-8-6-11)20-16-13-4-2-1-3-12(13)14-9-19-10-15(14)16/h1-8,14-16,19H,9-10H2,(H,20,21)/t14-,15-,16+/m0/s1. The van der Waals surface area contributed by atoms with Gasteiger partial charge in [0.15, 0.2) is 0 Å². The van der Waals surface area contributed by atoms with E-state index in [0.717, 1.165) is 13.1 Å². The van der Waals surface area contributed by atoms with Crippen molar-refractivity contribution < 1.29 is 4.79 Å². The summed E-state index contributed by atoms with van der Waals surface area (Å²) in [6.07, 6.45) is 3.30. The molecule has 2 heterocycles. The molecule has 21 heavy (non-hydrogen) atoms. The molecule has 1 aromatic carbocycles. The summed E-state index contributed by atoms with van der Waals surface area (Å²) in [6, 6.07) is 12.1. The van der Waals surface area contributed by atoms with E-state index < -0.39 is 0 Å². The molecule has 0 bridgehead atoms. The zero-order chi connectivity index (χ0) is 14.2. The molecule has 2 N–H and O–H groups in total. The molecule has 2 aromatic rings. The number of carbonyl (C=O) groups is 1. The number of pyridine rings is 1. The Morgan fingerprint density at radius 3 is 2.67 bits per heavy atom. The fraction of sp³-hybridized carbons (Fsp3) is 0.294. The summed E-state index contributed by atoms with van der Waals surface area (Å²) in [7, 11) is 0. The van der Waals surface area contributed by atoms with Crippen molar-refractivity contribution in [1.29, 1.82) is 0 Å². The van der Waals surface area contributed by atoms with E-state index in [1.54, 1.807) is 24.5 Å². The van der Waals surface area contributed by atoms with Crippen molar-refractivity contribution in [2.75, 3.05) is 13.1 Å². The van der Waals surface area contributed by atoms with Crippen LogP contribution in [-0.4, -0.2) is 24.0 Å². The highest BCUT2D eigenvalue weighted by Gasteiger charge is 2.43. The van der Waals surface area contributed by atoms with Gasteiger partial charge in [-0.3, -0.25) is 9.78 Å². The quantitative estimate of drug-likeness (QED) is 0.882. The number of hydrogen-bond donors (Lipinski definition) is 2. The first-order valence-electron chi connectivity index (χ1n) is 7.35. The fourth-order valence-corrected chi connectivity index (χ4v) is 3.66. The van der Waals surface area contributed by atoms with Gasteiger partial charge in [-0.25, -0.2) is 0 Å². The molecule has 0 spiro atoms. The van der Waals surface area contributed by atoms with E-state index >= 15 is 0 Å². The van der Waals surface area contributed by atoms with Crippen LogP contribution in [-0.2, 0) is 0 Å². The summed E-state index contributed by atoms with van der Waals surface area (Å²) >= 11 is 0. The molecule has 4 nitrogen and oxygen atoms in total. The van der Waals surface area contributed by atoms with Gasteiger partial charge in [0.1, 0.15) is 0 Å². The van der Waals surface area contributed by atoms with Crippen molar-refractivity contribution in [2.45, 2.75) is 12.0 Å². The molecule has 2 aliphatic rings. The Kier molecular flexibility index (Phi) is 2.97. The summed E-state index contributed by atoms with van der Waals surface area (Å²) in [5.74, 6) is 0.946. The molecular formula is C17H17N3O. The van der Waals surface area contributed by atoms with E-state index in [9.17, 15) is 4.79 Å². The van der Waals surface area contributed by atoms with Gasteiger partial charge < -0.3 is 10.6 Å². The normalized spacial score (nSPS) is 26.2. The molecular weight excluding hydrogens is 262 g/mol. The average molecular weight is 279 g/mol. The topological polar surface area (TPSA) is 54.0 Å². The first kappa shape index (κ1) is 12.5. The van der Waals surface area contributed by atoms with E-state index in [1.807, 2.05) is 0 Å². The Labute approximate surface area is 123 Å². The van der Waals surface area contributed by atoms with E-state index in [4.69, 9.17) is 0 Å². The third-order valence-electron chi connectivity index (χ3n) is 4.65. The Morgan fingerprint density at radius 2 is 1.86 bits per heavy atom. The Hall–Kier alpha value is -2.20. The third kappa shape index (κ3) is 2.03. The number of amides is 1. The zero-order valence-electron chi connectivity index (χ0n) is 11.6. The van der Waals surface area contributed by atoms with Crippen molar-refractivity contribution >= 4 is 5.91 Å². The van der Waals surface area contributed by atoms with Crippen LogP contribution in [0, 0.1) is 5.92 Å². The monoisotopic (exact) mass is 279 g/mol. The van der Waals surface area contributed by atoms with Gasteiger partial charge in [-0.1, -0.05) is 24.3 Å². The lowest BCUT2D eigenvalue weighted by Gasteiger charge is -2.20. The highest BCUT2D eigenvalue weighted by Crippen LogP contribution is 2.46. The molecule has 1 aliphatic carbocycles. The molecule has 1 fully saturated rings. The lowest BCUT2D eigenvalue weighted by atomic mass is 9.94. The van der Waals surface area contributed by atoms with Gasteiger partial charge in [0, 0.05) is 42.9 Å². The second-order valence-corrected chi connectivity index (χ2v) is 5.74. The molecule has 106 valence electrons. The van der Waals surface area contributed by atoms with Crippen molar-refractivity contribution in [3.8, 4) is 0 Å². The second-order valence-electron chi connectivity index (χ2n) is 5.74. The second kappa shape index (κ2) is 4.97. The first-order valence-corrected chi connectivity index (χ1v) is 7.35. The van der Waals surface area contributed by atoms with Crippen LogP contribution < -0.4 is 10.6 Å². The molecule has 0 unspecified atom stereocenters. The van der Waals surface area contributed by atoms with Crippen LogP contribution in [0.15, 0.2) is 48.8 Å². The van der Waals surface area contributed by atoms with Crippen LogP contribution in [0.4, 0.5) is 0 Å². The van der Waals surface area contributed by atoms with Crippen molar-refractivity contribution in [3.05, 3.63) is 65.5 Å². The Bertz CT molecular complexity index is 671. The number of aromatic nitrogens is 1. The maximum Gasteiger partial charge on any atom is 0.251 e. The van der Waals surface area contributed by atoms with Crippen LogP contribution in [0.2, 0.25) is 0 Å². The molecule has 0 saturated carbocycles. The average Bonchev–Trinajstić information content (AvgIpc) is 3.11. The summed E-state index contributed by atoms with van der Waals surface area (Å²) in [5.41, 5.74) is 3.32. The van der Waals surface area contributed by atoms with E-state index in [-0.39, 0.29) is 11.9 Å². The Morgan fingerprint density at radius 1 is 1.10 bits per heavy atom. The predicted molar refractivity (Wildman–Crippen MR) is 80.0 cm³/mol. The minimum atomic E-state index is -0.0234. The molecule has 3 atom stereocenters. The van der Waals surface area contributed by atoms with Crippen LogP contribution in [0.25, 0.3) is 0 Å². The lowest BCUT2D eigenvalue weighted by molar-refractivity contribution is 0.0926. The summed E-state index contributed by atoms with van der Waals surface area (Å²) in [4.78, 5) is 16.4. The van der Waals surface area contributed by atoms with E-state index in [0.29, 0.717) is 17.4 Å². The van der Waals surface area contributed by atoms with Gasteiger partial charge in [-0.15, -0.1) is 0 Å². The van der Waals surface area contributed by atoms with Crippen molar-refractivity contribution in [1.82, 2.24) is 15.6 Å². The van der Waals surface area contributed by atoms with Crippen LogP contribution in [0.5, 0.6) is 0 Å². The number of nitrogens with one attached hydrogen (secondary N) is 2. The van der Waals surface area contributed by atoms with Crippen molar-refractivity contribution in [2.24, 2.45) is 5.92 Å². The third-order valence-corrected chi connectivity index (χ3v) is 4.65. The number of rotatable bonds is 2. The fourth-order valence-electron chi connectivity index (χ4n) is 3.66. The van der Waals surface area contributed by atoms with Crippen LogP contribution in [0.3, 0.4) is 0 Å². The van der Waals surface area contributed by atoms with Gasteiger partial charge in [-0.2, -0.15) is 0 Å². The predicted octanol–water partition coefficient (Wildman–Crippen LogP) is 1.87. The molecule has 0 radical (unpaired) electrons. The minimum Gasteiger partial charge on any atom is -0.345 e. The highest BCUT2D eigenvalue weighted by atomic mass is 16.1. The van der Waals surface area contributed by atoms with Crippen LogP contribution in [0.1, 0.15) is 33.4 Å². The number of hydrogen-bond acceptors (Lipinski definition) is 3. The molecule has 1 aliphatic heterocycles. The maximum atomic E-state index is 12.4. The van der Waals surface area contributed by atoms with Gasteiger partial charge in [0.05, 0.1) is 6.04 Å². The molecule has 4 heteroatoms. The maximum absolute atomic E-state index is 12.4. The highest BCUT2D eigenvalue weighted by molar-refractivity contribution is 5.94. The summed E-state index contributed by atoms with van der Waals surface area (Å²) < 4.78 is 0. The number of benzene rings is 1. The largest absolute Gasteiger partial charge is 0.345 e. The van der Waals surface area contributed by atoms with Crippen LogP contribution >= 0.6 is 0 Å². The van der Waals surface area contributed by atoms with E-state index in [1.165, 1.54) is 11.1 Å². The first-order chi connectivity index (χ1) is 10.3. The smallest absolute Gasteiger partial charge is 0.251 e. The van der Waals surface area contributed by atoms with Gasteiger partial charge in [0.2, 0.25) is 0 Å². The van der Waals surface area contributed by atoms with Gasteiger partial charge >= 0.3 is 0 Å². The van der Waals surface area contributed by atoms with Crippen molar-refractivity contribution in [3.63, 3.8) is 0 Å². The SMILES string of the molecule is O=C(N[C@@H]1c2ccccc2[C@@H]2CNC[C@H]12)c1ccncc1. The van der Waals surface area contributed by atoms with E-state index in [2.05, 4.69) is 39.9 Å². The molecule has 1 amide bonds. The molecule has 4 rings (SSSR count). The summed E-state index contributed by atoms with van der Waals surface area (Å²) in [5, 5.41) is 6.66. The lowest BCUT2D eigenvalue weighted by Crippen LogP contribution is -2.33. The molecule has 1 saturated heterocycles. The van der Waals surface area contributed by atoms with Gasteiger partial charge in [0.25, 0.3) is 5.91 Å². The Balaban J connectivity index is 1.64.